The molecule has 0 aromatic carbocycles. The SMILES string of the molecule is C.CCCC(CI)OC(C)C. The van der Waals surface area contributed by atoms with Gasteiger partial charge >= 0.3 is 0 Å². The molecule has 0 aliphatic rings. The largest absolute Gasteiger partial charge is 0.375 e. The molecule has 0 saturated heterocycles. The molecule has 0 heterocycles. The third-order valence-electron chi connectivity index (χ3n) is 1.25. The fourth-order valence-corrected chi connectivity index (χ4v) is 1.54. The molecule has 0 radical (unpaired) electrons. The summed E-state index contributed by atoms with van der Waals surface area (Å²) in [6, 6.07) is 0. The van der Waals surface area contributed by atoms with E-state index in [4.69, 9.17) is 4.74 Å². The van der Waals surface area contributed by atoms with Gasteiger partial charge in [-0.1, -0.05) is 43.4 Å². The van der Waals surface area contributed by atoms with Crippen molar-refractivity contribution >= 4 is 22.6 Å². The second kappa shape index (κ2) is 8.78. The lowest BCUT2D eigenvalue weighted by Crippen LogP contribution is -2.18. The Morgan fingerprint density at radius 1 is 1.36 bits per heavy atom. The van der Waals surface area contributed by atoms with Gasteiger partial charge in [0.1, 0.15) is 0 Å². The summed E-state index contributed by atoms with van der Waals surface area (Å²) in [5, 5.41) is 0. The Labute approximate surface area is 85.0 Å². The van der Waals surface area contributed by atoms with Crippen molar-refractivity contribution in [1.82, 2.24) is 0 Å². The van der Waals surface area contributed by atoms with Gasteiger partial charge in [0, 0.05) is 4.43 Å². The first-order valence-corrected chi connectivity index (χ1v) is 5.44. The summed E-state index contributed by atoms with van der Waals surface area (Å²) in [6.07, 6.45) is 3.28. The molecule has 1 atom stereocenters. The maximum atomic E-state index is 5.63. The number of halogens is 1. The highest BCUT2D eigenvalue weighted by molar-refractivity contribution is 14.1. The lowest BCUT2D eigenvalue weighted by molar-refractivity contribution is 0.0186. The third-order valence-corrected chi connectivity index (χ3v) is 2.23. The molecule has 0 aromatic rings. The normalized spacial score (nSPS) is 12.8. The monoisotopic (exact) mass is 272 g/mol. The van der Waals surface area contributed by atoms with Crippen molar-refractivity contribution in [3.05, 3.63) is 0 Å². The van der Waals surface area contributed by atoms with Crippen molar-refractivity contribution in [2.24, 2.45) is 0 Å². The van der Waals surface area contributed by atoms with E-state index in [9.17, 15) is 0 Å². The molecule has 0 bridgehead atoms. The van der Waals surface area contributed by atoms with E-state index in [-0.39, 0.29) is 7.43 Å². The van der Waals surface area contributed by atoms with Gasteiger partial charge in [-0.05, 0) is 20.3 Å². The Kier molecular flexibility index (Phi) is 11.4. The van der Waals surface area contributed by atoms with Crippen LogP contribution in [0.1, 0.15) is 41.0 Å². The first-order valence-electron chi connectivity index (χ1n) is 3.92. The van der Waals surface area contributed by atoms with Gasteiger partial charge in [-0.25, -0.2) is 0 Å². The molecule has 0 amide bonds. The van der Waals surface area contributed by atoms with Crippen molar-refractivity contribution in [3.63, 3.8) is 0 Å². The summed E-state index contributed by atoms with van der Waals surface area (Å²) in [4.78, 5) is 0. The van der Waals surface area contributed by atoms with Crippen LogP contribution in [0, 0.1) is 0 Å². The highest BCUT2D eigenvalue weighted by Gasteiger charge is 2.06. The minimum absolute atomic E-state index is 0. The van der Waals surface area contributed by atoms with E-state index in [1.807, 2.05) is 0 Å². The quantitative estimate of drug-likeness (QED) is 0.548. The van der Waals surface area contributed by atoms with E-state index in [1.54, 1.807) is 0 Å². The molecule has 1 unspecified atom stereocenters. The standard InChI is InChI=1S/C8H17IO.CH4/c1-4-5-8(6-9)10-7(2)3;/h7-8H,4-6H2,1-3H3;1H4. The van der Waals surface area contributed by atoms with Crippen molar-refractivity contribution < 1.29 is 4.74 Å². The molecule has 0 aromatic heterocycles. The van der Waals surface area contributed by atoms with Crippen LogP contribution < -0.4 is 0 Å². The minimum atomic E-state index is 0. The van der Waals surface area contributed by atoms with Crippen molar-refractivity contribution in [2.45, 2.75) is 53.2 Å². The first kappa shape index (κ1) is 14.2. The van der Waals surface area contributed by atoms with Gasteiger partial charge in [-0.2, -0.15) is 0 Å². The highest BCUT2D eigenvalue weighted by Crippen LogP contribution is 2.08. The van der Waals surface area contributed by atoms with Crippen molar-refractivity contribution in [3.8, 4) is 0 Å². The van der Waals surface area contributed by atoms with Gasteiger partial charge in [0.2, 0.25) is 0 Å². The van der Waals surface area contributed by atoms with Crippen LogP contribution in [0.2, 0.25) is 0 Å². The zero-order valence-corrected chi connectivity index (χ0v) is 9.22. The zero-order valence-electron chi connectivity index (χ0n) is 7.06. The molecule has 70 valence electrons. The molecular formula is C9H21IO. The number of ether oxygens (including phenoxy) is 1. The van der Waals surface area contributed by atoms with Gasteiger partial charge in [0.25, 0.3) is 0 Å². The second-order valence-electron chi connectivity index (χ2n) is 2.75. The predicted octanol–water partition coefficient (Wildman–Crippen LogP) is 3.65. The van der Waals surface area contributed by atoms with Crippen LogP contribution in [0.3, 0.4) is 0 Å². The molecule has 0 rings (SSSR count). The van der Waals surface area contributed by atoms with Gasteiger partial charge in [0.15, 0.2) is 0 Å². The summed E-state index contributed by atoms with van der Waals surface area (Å²) in [6.45, 7) is 6.38. The van der Waals surface area contributed by atoms with Crippen LogP contribution in [0.5, 0.6) is 0 Å². The van der Waals surface area contributed by atoms with Crippen LogP contribution in [0.4, 0.5) is 0 Å². The van der Waals surface area contributed by atoms with Crippen LogP contribution >= 0.6 is 22.6 Å². The fraction of sp³-hybridized carbons (Fsp3) is 1.00. The second-order valence-corrected chi connectivity index (χ2v) is 3.63. The predicted molar refractivity (Wildman–Crippen MR) is 60.5 cm³/mol. The number of rotatable bonds is 5. The summed E-state index contributed by atoms with van der Waals surface area (Å²) >= 11 is 2.38. The number of hydrogen-bond donors (Lipinski definition) is 0. The minimum Gasteiger partial charge on any atom is -0.375 e. The van der Waals surface area contributed by atoms with E-state index in [0.717, 1.165) is 4.43 Å². The van der Waals surface area contributed by atoms with Crippen LogP contribution in [0.25, 0.3) is 0 Å². The van der Waals surface area contributed by atoms with Gasteiger partial charge in [0.05, 0.1) is 12.2 Å². The number of hydrogen-bond acceptors (Lipinski definition) is 1. The van der Waals surface area contributed by atoms with E-state index in [0.29, 0.717) is 12.2 Å². The first-order chi connectivity index (χ1) is 4.70. The smallest absolute Gasteiger partial charge is 0.0667 e. The summed E-state index contributed by atoms with van der Waals surface area (Å²) in [7, 11) is 0. The fourth-order valence-electron chi connectivity index (χ4n) is 0.888. The van der Waals surface area contributed by atoms with Crippen LogP contribution in [0.15, 0.2) is 0 Å². The van der Waals surface area contributed by atoms with Crippen LogP contribution in [-0.4, -0.2) is 16.6 Å². The summed E-state index contributed by atoms with van der Waals surface area (Å²) < 4.78 is 6.75. The maximum Gasteiger partial charge on any atom is 0.0667 e. The molecule has 11 heavy (non-hydrogen) atoms. The average molecular weight is 272 g/mol. The molecular weight excluding hydrogens is 251 g/mol. The number of alkyl halides is 1. The van der Waals surface area contributed by atoms with Crippen molar-refractivity contribution in [2.75, 3.05) is 4.43 Å². The average Bonchev–Trinajstić information content (AvgIpc) is 1.86. The molecule has 0 spiro atoms. The maximum absolute atomic E-state index is 5.63. The third kappa shape index (κ3) is 8.60. The summed E-state index contributed by atoms with van der Waals surface area (Å²) in [5.74, 6) is 0. The van der Waals surface area contributed by atoms with E-state index >= 15 is 0 Å². The molecule has 0 saturated carbocycles. The van der Waals surface area contributed by atoms with Gasteiger partial charge in [-0.3, -0.25) is 0 Å². The Bertz CT molecular complexity index is 74.0. The van der Waals surface area contributed by atoms with E-state index < -0.39 is 0 Å². The van der Waals surface area contributed by atoms with E-state index in [2.05, 4.69) is 43.4 Å². The highest BCUT2D eigenvalue weighted by atomic mass is 127. The molecule has 0 N–H and O–H groups in total. The summed E-state index contributed by atoms with van der Waals surface area (Å²) in [5.41, 5.74) is 0. The molecule has 2 heteroatoms. The lowest BCUT2D eigenvalue weighted by Gasteiger charge is -2.16. The molecule has 1 nitrogen and oxygen atoms in total. The van der Waals surface area contributed by atoms with Gasteiger partial charge in [-0.15, -0.1) is 0 Å². The van der Waals surface area contributed by atoms with Gasteiger partial charge < -0.3 is 4.74 Å². The zero-order chi connectivity index (χ0) is 7.98. The molecule has 0 fully saturated rings. The Balaban J connectivity index is 0. The van der Waals surface area contributed by atoms with Crippen LogP contribution in [-0.2, 0) is 4.74 Å². The Morgan fingerprint density at radius 2 is 1.91 bits per heavy atom. The molecule has 0 aliphatic carbocycles. The van der Waals surface area contributed by atoms with E-state index in [1.165, 1.54) is 12.8 Å². The Morgan fingerprint density at radius 3 is 2.18 bits per heavy atom. The Hall–Kier alpha value is 0.690. The topological polar surface area (TPSA) is 9.23 Å². The molecule has 0 aliphatic heterocycles. The lowest BCUT2D eigenvalue weighted by atomic mass is 10.2. The van der Waals surface area contributed by atoms with Crippen molar-refractivity contribution in [1.29, 1.82) is 0 Å².